The van der Waals surface area contributed by atoms with E-state index in [4.69, 9.17) is 4.74 Å². The van der Waals surface area contributed by atoms with Gasteiger partial charge in [-0.15, -0.1) is 0 Å². The molecule has 2 aliphatic heterocycles. The lowest BCUT2D eigenvalue weighted by Crippen LogP contribution is -2.54. The van der Waals surface area contributed by atoms with Crippen molar-refractivity contribution >= 4 is 17.0 Å². The molecule has 1 unspecified atom stereocenters. The molecule has 3 atom stereocenters. The van der Waals surface area contributed by atoms with Crippen LogP contribution in [0.25, 0.3) is 11.0 Å². The lowest BCUT2D eigenvalue weighted by Gasteiger charge is -2.52. The van der Waals surface area contributed by atoms with Gasteiger partial charge in [0.25, 0.3) is 5.56 Å². The first kappa shape index (κ1) is 23.5. The van der Waals surface area contributed by atoms with Gasteiger partial charge >= 0.3 is 5.97 Å². The van der Waals surface area contributed by atoms with E-state index in [0.29, 0.717) is 34.5 Å². The highest BCUT2D eigenvalue weighted by Gasteiger charge is 2.49. The standard InChI is InChI=1S/C28H39N3O3/c1-6-34-26(33)24-25(32)31(23-10-8-7-9-22(23)29-24)20-13-18-11-12-19(14-20)30(18)21-15-27(2,3)17-28(4,5)16-21/h7-10,18-21H,6,11-17H2,1-5H3/t18-,19+,20?. The van der Waals surface area contributed by atoms with Gasteiger partial charge in [0, 0.05) is 24.2 Å². The van der Waals surface area contributed by atoms with Gasteiger partial charge in [-0.05, 0) is 74.8 Å². The highest BCUT2D eigenvalue weighted by Crippen LogP contribution is 2.51. The third-order valence-corrected chi connectivity index (χ3v) is 8.35. The van der Waals surface area contributed by atoms with Crippen LogP contribution in [0.3, 0.4) is 0 Å². The molecule has 0 amide bonds. The molecule has 1 saturated carbocycles. The zero-order valence-corrected chi connectivity index (χ0v) is 21.3. The van der Waals surface area contributed by atoms with Gasteiger partial charge in [-0.1, -0.05) is 39.8 Å². The highest BCUT2D eigenvalue weighted by atomic mass is 16.5. The monoisotopic (exact) mass is 465 g/mol. The van der Waals surface area contributed by atoms with E-state index in [2.05, 4.69) is 37.6 Å². The Bertz CT molecular complexity index is 1120. The number of piperidine rings is 1. The van der Waals surface area contributed by atoms with Crippen molar-refractivity contribution in [2.24, 2.45) is 10.8 Å². The van der Waals surface area contributed by atoms with Crippen molar-refractivity contribution in [2.45, 2.75) is 104 Å². The zero-order valence-electron chi connectivity index (χ0n) is 21.3. The number of hydrogen-bond acceptors (Lipinski definition) is 5. The van der Waals surface area contributed by atoms with Gasteiger partial charge in [0.2, 0.25) is 5.69 Å². The van der Waals surface area contributed by atoms with Crippen LogP contribution in [0.15, 0.2) is 29.1 Å². The van der Waals surface area contributed by atoms with Crippen LogP contribution in [0, 0.1) is 10.8 Å². The number of esters is 1. The summed E-state index contributed by atoms with van der Waals surface area (Å²) in [6.45, 7) is 11.7. The molecular formula is C28H39N3O3. The molecule has 3 fully saturated rings. The van der Waals surface area contributed by atoms with Crippen molar-refractivity contribution in [3.8, 4) is 0 Å². The number of fused-ring (bicyclic) bond motifs is 3. The van der Waals surface area contributed by atoms with Gasteiger partial charge in [-0.2, -0.15) is 0 Å². The third kappa shape index (κ3) is 4.19. The number of rotatable bonds is 4. The molecule has 0 N–H and O–H groups in total. The molecule has 0 radical (unpaired) electrons. The Morgan fingerprint density at radius 1 is 1.00 bits per heavy atom. The van der Waals surface area contributed by atoms with E-state index in [1.54, 1.807) is 6.92 Å². The molecule has 1 aliphatic carbocycles. The molecule has 5 rings (SSSR count). The fourth-order valence-electron chi connectivity index (χ4n) is 7.84. The molecule has 6 nitrogen and oxygen atoms in total. The molecule has 0 spiro atoms. The van der Waals surface area contributed by atoms with Crippen LogP contribution in [-0.4, -0.2) is 45.2 Å². The van der Waals surface area contributed by atoms with Gasteiger partial charge in [-0.3, -0.25) is 9.69 Å². The summed E-state index contributed by atoms with van der Waals surface area (Å²) in [6, 6.07) is 9.35. The Hall–Kier alpha value is -2.21. The van der Waals surface area contributed by atoms with E-state index in [9.17, 15) is 9.59 Å². The first-order valence-corrected chi connectivity index (χ1v) is 13.0. The van der Waals surface area contributed by atoms with Crippen LogP contribution in [0.5, 0.6) is 0 Å². The Morgan fingerprint density at radius 3 is 2.24 bits per heavy atom. The first-order valence-electron chi connectivity index (χ1n) is 13.0. The lowest BCUT2D eigenvalue weighted by atomic mass is 9.63. The van der Waals surface area contributed by atoms with E-state index in [-0.39, 0.29) is 23.9 Å². The second-order valence-corrected chi connectivity index (χ2v) is 12.4. The molecule has 6 heteroatoms. The fourth-order valence-corrected chi connectivity index (χ4v) is 7.84. The van der Waals surface area contributed by atoms with E-state index >= 15 is 0 Å². The summed E-state index contributed by atoms with van der Waals surface area (Å²) in [5, 5.41) is 0. The lowest BCUT2D eigenvalue weighted by molar-refractivity contribution is -0.0212. The maximum atomic E-state index is 13.6. The second kappa shape index (κ2) is 8.47. The molecule has 3 aliphatic rings. The van der Waals surface area contributed by atoms with E-state index in [1.165, 1.54) is 32.1 Å². The van der Waals surface area contributed by atoms with Gasteiger partial charge < -0.3 is 9.30 Å². The minimum Gasteiger partial charge on any atom is -0.461 e. The number of para-hydroxylation sites is 2. The third-order valence-electron chi connectivity index (χ3n) is 8.35. The largest absolute Gasteiger partial charge is 0.461 e. The summed E-state index contributed by atoms with van der Waals surface area (Å²) >= 11 is 0. The minimum atomic E-state index is -0.626. The SMILES string of the molecule is CCOC(=O)c1nc2ccccc2n(C2C[C@H]3CC[C@@H](C2)N3C2CC(C)(C)CC(C)(C)C2)c1=O. The van der Waals surface area contributed by atoms with E-state index in [1.807, 2.05) is 28.8 Å². The zero-order chi connectivity index (χ0) is 24.3. The number of carbonyl (C=O) groups is 1. The fraction of sp³-hybridized carbons (Fsp3) is 0.679. The number of ether oxygens (including phenoxy) is 1. The van der Waals surface area contributed by atoms with Crippen molar-refractivity contribution in [3.05, 3.63) is 40.3 Å². The highest BCUT2D eigenvalue weighted by molar-refractivity contribution is 5.89. The minimum absolute atomic E-state index is 0.0759. The smallest absolute Gasteiger partial charge is 0.362 e. The summed E-state index contributed by atoms with van der Waals surface area (Å²) < 4.78 is 7.03. The van der Waals surface area contributed by atoms with Crippen molar-refractivity contribution < 1.29 is 9.53 Å². The van der Waals surface area contributed by atoms with Crippen LogP contribution < -0.4 is 5.56 Å². The Kier molecular flexibility index (Phi) is 5.86. The van der Waals surface area contributed by atoms with Gasteiger partial charge in [0.15, 0.2) is 0 Å². The van der Waals surface area contributed by atoms with Crippen molar-refractivity contribution in [1.82, 2.24) is 14.5 Å². The second-order valence-electron chi connectivity index (χ2n) is 12.4. The first-order chi connectivity index (χ1) is 16.1. The molecule has 2 aromatic rings. The molecule has 1 aromatic heterocycles. The summed E-state index contributed by atoms with van der Waals surface area (Å²) in [6.07, 6.45) is 8.06. The van der Waals surface area contributed by atoms with Crippen LogP contribution in [0.1, 0.15) is 96.1 Å². The van der Waals surface area contributed by atoms with Gasteiger partial charge in [0.1, 0.15) is 0 Å². The van der Waals surface area contributed by atoms with Crippen LogP contribution in [-0.2, 0) is 4.74 Å². The predicted octanol–water partition coefficient (Wildman–Crippen LogP) is 5.35. The summed E-state index contributed by atoms with van der Waals surface area (Å²) in [5.74, 6) is -0.626. The topological polar surface area (TPSA) is 64.4 Å². The van der Waals surface area contributed by atoms with E-state index < -0.39 is 5.97 Å². The maximum absolute atomic E-state index is 13.6. The van der Waals surface area contributed by atoms with Crippen molar-refractivity contribution in [2.75, 3.05) is 6.61 Å². The molecule has 2 saturated heterocycles. The number of benzene rings is 1. The maximum Gasteiger partial charge on any atom is 0.362 e. The van der Waals surface area contributed by atoms with Crippen molar-refractivity contribution in [1.29, 1.82) is 0 Å². The molecule has 1 aromatic carbocycles. The van der Waals surface area contributed by atoms with Gasteiger partial charge in [-0.25, -0.2) is 9.78 Å². The van der Waals surface area contributed by atoms with Crippen LogP contribution in [0.4, 0.5) is 0 Å². The molecular weight excluding hydrogens is 426 g/mol. The Morgan fingerprint density at radius 2 is 1.62 bits per heavy atom. The van der Waals surface area contributed by atoms with Crippen LogP contribution >= 0.6 is 0 Å². The Labute approximate surface area is 202 Å². The molecule has 34 heavy (non-hydrogen) atoms. The normalized spacial score (nSPS) is 28.8. The average molecular weight is 466 g/mol. The van der Waals surface area contributed by atoms with Gasteiger partial charge in [0.05, 0.1) is 17.6 Å². The van der Waals surface area contributed by atoms with E-state index in [0.717, 1.165) is 18.4 Å². The number of carbonyl (C=O) groups excluding carboxylic acids is 1. The predicted molar refractivity (Wildman–Crippen MR) is 134 cm³/mol. The number of hydrogen-bond donors (Lipinski definition) is 0. The number of nitrogens with zero attached hydrogens (tertiary/aromatic N) is 3. The average Bonchev–Trinajstić information content (AvgIpc) is 3.01. The van der Waals surface area contributed by atoms with Crippen molar-refractivity contribution in [3.63, 3.8) is 0 Å². The number of aromatic nitrogens is 2. The summed E-state index contributed by atoms with van der Waals surface area (Å²) in [7, 11) is 0. The van der Waals surface area contributed by atoms with Crippen LogP contribution in [0.2, 0.25) is 0 Å². The molecule has 184 valence electrons. The molecule has 3 heterocycles. The summed E-state index contributed by atoms with van der Waals surface area (Å²) in [5.41, 5.74) is 1.81. The summed E-state index contributed by atoms with van der Waals surface area (Å²) in [4.78, 5) is 33.4. The molecule has 2 bridgehead atoms. The Balaban J connectivity index is 1.49. The quantitative estimate of drug-likeness (QED) is 0.570.